The molecule has 5 nitrogen and oxygen atoms in total. The molecule has 116 valence electrons. The number of aromatic nitrogens is 1. The van der Waals surface area contributed by atoms with Gasteiger partial charge in [0.25, 0.3) is 5.56 Å². The van der Waals surface area contributed by atoms with Gasteiger partial charge in [0.15, 0.2) is 0 Å². The Hall–Kier alpha value is -2.27. The van der Waals surface area contributed by atoms with Crippen LogP contribution in [0.2, 0.25) is 5.02 Å². The molecule has 22 heavy (non-hydrogen) atoms. The van der Waals surface area contributed by atoms with E-state index in [0.29, 0.717) is 22.0 Å². The van der Waals surface area contributed by atoms with E-state index in [9.17, 15) is 9.59 Å². The fraction of sp³-hybridized carbons (Fsp3) is 0.250. The van der Waals surface area contributed by atoms with Crippen LogP contribution in [-0.2, 0) is 11.3 Å². The predicted molar refractivity (Wildman–Crippen MR) is 86.8 cm³/mol. The summed E-state index contributed by atoms with van der Waals surface area (Å²) in [6.07, 6.45) is 1.58. The van der Waals surface area contributed by atoms with Gasteiger partial charge in [-0.15, -0.1) is 0 Å². The molecule has 0 fully saturated rings. The number of hydrogen-bond acceptors (Lipinski definition) is 3. The van der Waals surface area contributed by atoms with Gasteiger partial charge in [0, 0.05) is 22.8 Å². The van der Waals surface area contributed by atoms with Crippen LogP contribution in [-0.4, -0.2) is 17.6 Å². The number of anilines is 1. The Balaban J connectivity index is 2.21. The standard InChI is InChI=1S/C16H17ClN2O3/c1-10-5-4-6-19(16(10)21)9-15(20)18-13-7-11(2)12(17)8-14(13)22-3/h4-8H,9H2,1-3H3,(H,18,20). The molecule has 1 amide bonds. The summed E-state index contributed by atoms with van der Waals surface area (Å²) in [7, 11) is 1.50. The molecule has 0 spiro atoms. The van der Waals surface area contributed by atoms with Gasteiger partial charge in [-0.25, -0.2) is 0 Å². The third kappa shape index (κ3) is 3.49. The average Bonchev–Trinajstić information content (AvgIpc) is 2.47. The first kappa shape index (κ1) is 16.1. The van der Waals surface area contributed by atoms with E-state index in [2.05, 4.69) is 5.32 Å². The molecule has 1 aromatic carbocycles. The minimum atomic E-state index is -0.312. The lowest BCUT2D eigenvalue weighted by Gasteiger charge is -2.13. The van der Waals surface area contributed by atoms with Crippen molar-refractivity contribution in [2.24, 2.45) is 0 Å². The number of halogens is 1. The monoisotopic (exact) mass is 320 g/mol. The highest BCUT2D eigenvalue weighted by atomic mass is 35.5. The summed E-state index contributed by atoms with van der Waals surface area (Å²) in [5, 5.41) is 3.30. The van der Waals surface area contributed by atoms with Crippen molar-refractivity contribution in [2.75, 3.05) is 12.4 Å². The van der Waals surface area contributed by atoms with E-state index in [1.54, 1.807) is 37.4 Å². The molecule has 6 heteroatoms. The van der Waals surface area contributed by atoms with Gasteiger partial charge in [-0.05, 0) is 31.5 Å². The third-order valence-electron chi connectivity index (χ3n) is 3.28. The lowest BCUT2D eigenvalue weighted by molar-refractivity contribution is -0.116. The molecular formula is C16H17ClN2O3. The zero-order valence-electron chi connectivity index (χ0n) is 12.6. The third-order valence-corrected chi connectivity index (χ3v) is 3.69. The van der Waals surface area contributed by atoms with Crippen LogP contribution >= 0.6 is 11.6 Å². The van der Waals surface area contributed by atoms with E-state index in [-0.39, 0.29) is 18.0 Å². The average molecular weight is 321 g/mol. The maximum Gasteiger partial charge on any atom is 0.253 e. The summed E-state index contributed by atoms with van der Waals surface area (Å²) in [6, 6.07) is 6.82. The van der Waals surface area contributed by atoms with Gasteiger partial charge in [0.2, 0.25) is 5.91 Å². The Bertz CT molecular complexity index is 768. The lowest BCUT2D eigenvalue weighted by Crippen LogP contribution is -2.28. The van der Waals surface area contributed by atoms with Crippen molar-refractivity contribution in [3.05, 3.63) is 57.0 Å². The van der Waals surface area contributed by atoms with Gasteiger partial charge in [-0.2, -0.15) is 0 Å². The molecule has 0 saturated heterocycles. The van der Waals surface area contributed by atoms with Gasteiger partial charge < -0.3 is 14.6 Å². The Morgan fingerprint density at radius 1 is 1.32 bits per heavy atom. The van der Waals surface area contributed by atoms with E-state index < -0.39 is 0 Å². The number of pyridine rings is 1. The number of amides is 1. The van der Waals surface area contributed by atoms with Crippen molar-refractivity contribution < 1.29 is 9.53 Å². The predicted octanol–water partition coefficient (Wildman–Crippen LogP) is 2.77. The molecule has 0 aliphatic rings. The number of aryl methyl sites for hydroxylation is 2. The second-order valence-corrected chi connectivity index (χ2v) is 5.38. The first-order chi connectivity index (χ1) is 10.4. The van der Waals surface area contributed by atoms with Crippen molar-refractivity contribution in [1.29, 1.82) is 0 Å². The maximum atomic E-state index is 12.2. The van der Waals surface area contributed by atoms with Crippen molar-refractivity contribution >= 4 is 23.2 Å². The number of nitrogens with zero attached hydrogens (tertiary/aromatic N) is 1. The summed E-state index contributed by atoms with van der Waals surface area (Å²) in [5.41, 5.74) is 1.76. The molecule has 0 atom stereocenters. The Morgan fingerprint density at radius 2 is 2.05 bits per heavy atom. The smallest absolute Gasteiger partial charge is 0.253 e. The number of hydrogen-bond donors (Lipinski definition) is 1. The minimum absolute atomic E-state index is 0.0641. The quantitative estimate of drug-likeness (QED) is 0.942. The largest absolute Gasteiger partial charge is 0.495 e. The topological polar surface area (TPSA) is 60.3 Å². The molecule has 0 aliphatic carbocycles. The molecule has 1 heterocycles. The van der Waals surface area contributed by atoms with Gasteiger partial charge >= 0.3 is 0 Å². The number of nitrogens with one attached hydrogen (secondary N) is 1. The van der Waals surface area contributed by atoms with Crippen LogP contribution in [0.5, 0.6) is 5.75 Å². The fourth-order valence-electron chi connectivity index (χ4n) is 2.06. The number of benzene rings is 1. The van der Waals surface area contributed by atoms with E-state index in [4.69, 9.17) is 16.3 Å². The van der Waals surface area contributed by atoms with Crippen LogP contribution in [0.15, 0.2) is 35.3 Å². The second kappa shape index (κ2) is 6.66. The van der Waals surface area contributed by atoms with E-state index in [0.717, 1.165) is 5.56 Å². The molecule has 0 unspecified atom stereocenters. The number of ether oxygens (including phenoxy) is 1. The summed E-state index contributed by atoms with van der Waals surface area (Å²) < 4.78 is 6.57. The highest BCUT2D eigenvalue weighted by Crippen LogP contribution is 2.30. The normalized spacial score (nSPS) is 10.4. The van der Waals surface area contributed by atoms with Gasteiger partial charge in [-0.1, -0.05) is 17.7 Å². The second-order valence-electron chi connectivity index (χ2n) is 4.97. The molecular weight excluding hydrogens is 304 g/mol. The van der Waals surface area contributed by atoms with Gasteiger partial charge in [0.05, 0.1) is 12.8 Å². The van der Waals surface area contributed by atoms with Crippen molar-refractivity contribution in [3.63, 3.8) is 0 Å². The van der Waals surface area contributed by atoms with Crippen LogP contribution in [0.25, 0.3) is 0 Å². The number of rotatable bonds is 4. The number of methoxy groups -OCH3 is 1. The summed E-state index contributed by atoms with van der Waals surface area (Å²) in [6.45, 7) is 3.48. The zero-order chi connectivity index (χ0) is 16.3. The molecule has 2 aromatic rings. The van der Waals surface area contributed by atoms with Gasteiger partial charge in [0.1, 0.15) is 12.3 Å². The fourth-order valence-corrected chi connectivity index (χ4v) is 2.21. The molecule has 0 saturated carbocycles. The molecule has 0 bridgehead atoms. The first-order valence-corrected chi connectivity index (χ1v) is 7.10. The summed E-state index contributed by atoms with van der Waals surface area (Å²) in [5.74, 6) is 0.160. The highest BCUT2D eigenvalue weighted by Gasteiger charge is 2.11. The molecule has 1 N–H and O–H groups in total. The van der Waals surface area contributed by atoms with Crippen molar-refractivity contribution in [2.45, 2.75) is 20.4 Å². The van der Waals surface area contributed by atoms with E-state index >= 15 is 0 Å². The molecule has 0 aliphatic heterocycles. The minimum Gasteiger partial charge on any atom is -0.495 e. The van der Waals surface area contributed by atoms with Crippen molar-refractivity contribution in [3.8, 4) is 5.75 Å². The van der Waals surface area contributed by atoms with Crippen molar-refractivity contribution in [1.82, 2.24) is 4.57 Å². The maximum absolute atomic E-state index is 12.2. The zero-order valence-corrected chi connectivity index (χ0v) is 13.4. The first-order valence-electron chi connectivity index (χ1n) is 6.72. The van der Waals surface area contributed by atoms with Crippen LogP contribution in [0.4, 0.5) is 5.69 Å². The number of carbonyl (C=O) groups is 1. The highest BCUT2D eigenvalue weighted by molar-refractivity contribution is 6.31. The summed E-state index contributed by atoms with van der Waals surface area (Å²) >= 11 is 6.03. The van der Waals surface area contributed by atoms with Gasteiger partial charge in [-0.3, -0.25) is 9.59 Å². The van der Waals surface area contributed by atoms with Crippen LogP contribution in [0.3, 0.4) is 0 Å². The SMILES string of the molecule is COc1cc(Cl)c(C)cc1NC(=O)Cn1cccc(C)c1=O. The van der Waals surface area contributed by atoms with Crippen LogP contribution in [0.1, 0.15) is 11.1 Å². The summed E-state index contributed by atoms with van der Waals surface area (Å²) in [4.78, 5) is 24.1. The molecule has 1 aromatic heterocycles. The van der Waals surface area contributed by atoms with Crippen LogP contribution < -0.4 is 15.6 Å². The Labute approximate surface area is 133 Å². The van der Waals surface area contributed by atoms with Crippen LogP contribution in [0, 0.1) is 13.8 Å². The van der Waals surface area contributed by atoms with E-state index in [1.165, 1.54) is 11.7 Å². The Morgan fingerprint density at radius 3 is 2.73 bits per heavy atom. The van der Waals surface area contributed by atoms with E-state index in [1.807, 2.05) is 6.92 Å². The molecule has 0 radical (unpaired) electrons. The number of carbonyl (C=O) groups excluding carboxylic acids is 1. The lowest BCUT2D eigenvalue weighted by atomic mass is 10.2. The Kier molecular flexibility index (Phi) is 4.88. The molecule has 2 rings (SSSR count).